The van der Waals surface area contributed by atoms with Gasteiger partial charge in [-0.1, -0.05) is 30.4 Å². The lowest BCUT2D eigenvalue weighted by atomic mass is 9.63. The van der Waals surface area contributed by atoms with Crippen molar-refractivity contribution < 1.29 is 13.2 Å². The van der Waals surface area contributed by atoms with Gasteiger partial charge < -0.3 is 0 Å². The van der Waals surface area contributed by atoms with Gasteiger partial charge in [0.2, 0.25) is 0 Å². The lowest BCUT2D eigenvalue weighted by Gasteiger charge is -2.42. The molecule has 2 aliphatic carbocycles. The first kappa shape index (κ1) is 22.7. The van der Waals surface area contributed by atoms with Crippen molar-refractivity contribution in [1.82, 2.24) is 0 Å². The molecule has 2 saturated carbocycles. The Morgan fingerprint density at radius 1 is 0.906 bits per heavy atom. The predicted octanol–water partition coefficient (Wildman–Crippen LogP) is 8.08. The molecule has 0 amide bonds. The van der Waals surface area contributed by atoms with Crippen LogP contribution in [0.15, 0.2) is 43.0 Å². The molecule has 0 N–H and O–H groups in total. The quantitative estimate of drug-likeness (QED) is 0.336. The third-order valence-corrected chi connectivity index (χ3v) is 7.59. The number of rotatable bonds is 4. The van der Waals surface area contributed by atoms with Crippen molar-refractivity contribution in [2.45, 2.75) is 64.2 Å². The Morgan fingerprint density at radius 2 is 1.62 bits per heavy atom. The molecule has 2 aliphatic rings. The molecule has 0 radical (unpaired) electrons. The fourth-order valence-electron chi connectivity index (χ4n) is 5.65. The van der Waals surface area contributed by atoms with Crippen molar-refractivity contribution in [3.8, 4) is 11.8 Å². The number of allylic oxidation sites excluding steroid dienone is 1. The maximum atomic E-state index is 14.8. The first-order valence-electron chi connectivity index (χ1n) is 11.8. The Bertz CT molecular complexity index is 1020. The summed E-state index contributed by atoms with van der Waals surface area (Å²) in [6.45, 7) is 5.23. The topological polar surface area (TPSA) is 0 Å². The van der Waals surface area contributed by atoms with Crippen LogP contribution < -0.4 is 0 Å². The van der Waals surface area contributed by atoms with E-state index in [1.165, 1.54) is 51.2 Å². The minimum Gasteiger partial charge on any atom is -0.207 e. The smallest absolute Gasteiger partial charge is 0.139 e. The van der Waals surface area contributed by atoms with Crippen LogP contribution in [-0.4, -0.2) is 0 Å². The highest BCUT2D eigenvalue weighted by molar-refractivity contribution is 5.45. The minimum atomic E-state index is -0.643. The molecule has 4 rings (SSSR count). The zero-order valence-electron chi connectivity index (χ0n) is 18.8. The molecule has 3 heteroatoms. The molecule has 0 nitrogen and oxygen atoms in total. The predicted molar refractivity (Wildman–Crippen MR) is 124 cm³/mol. The van der Waals surface area contributed by atoms with Crippen LogP contribution in [0.2, 0.25) is 0 Å². The summed E-state index contributed by atoms with van der Waals surface area (Å²) in [6.07, 6.45) is 11.8. The van der Waals surface area contributed by atoms with E-state index in [0.717, 1.165) is 42.6 Å². The molecule has 0 bridgehead atoms. The largest absolute Gasteiger partial charge is 0.207 e. The SMILES string of the molecule is C=CCCC1CCC2CC(c3ccc(C#Cc4cc(F)c(C)c(F)c4)c(F)c3)CCC2C1. The summed E-state index contributed by atoms with van der Waals surface area (Å²) in [5.74, 6) is 6.59. The molecule has 2 fully saturated rings. The van der Waals surface area contributed by atoms with Gasteiger partial charge in [0.05, 0.1) is 5.56 Å². The summed E-state index contributed by atoms with van der Waals surface area (Å²) in [5, 5.41) is 0. The van der Waals surface area contributed by atoms with E-state index < -0.39 is 11.6 Å². The number of hydrogen-bond acceptors (Lipinski definition) is 0. The van der Waals surface area contributed by atoms with Gasteiger partial charge in [0.15, 0.2) is 0 Å². The van der Waals surface area contributed by atoms with E-state index in [1.807, 2.05) is 12.1 Å². The molecule has 0 spiro atoms. The number of benzene rings is 2. The lowest BCUT2D eigenvalue weighted by molar-refractivity contribution is 0.115. The Kier molecular flexibility index (Phi) is 7.09. The second-order valence-corrected chi connectivity index (χ2v) is 9.63. The second kappa shape index (κ2) is 9.99. The molecule has 2 aromatic rings. The van der Waals surface area contributed by atoms with Gasteiger partial charge in [-0.25, -0.2) is 13.2 Å². The maximum Gasteiger partial charge on any atom is 0.139 e. The van der Waals surface area contributed by atoms with Gasteiger partial charge in [-0.3, -0.25) is 0 Å². The minimum absolute atomic E-state index is 0.0361. The van der Waals surface area contributed by atoms with Crippen molar-refractivity contribution in [3.05, 3.63) is 82.7 Å². The highest BCUT2D eigenvalue weighted by Gasteiger charge is 2.35. The van der Waals surface area contributed by atoms with Gasteiger partial charge in [-0.15, -0.1) is 6.58 Å². The summed E-state index contributed by atoms with van der Waals surface area (Å²) in [7, 11) is 0. The summed E-state index contributed by atoms with van der Waals surface area (Å²) in [5.41, 5.74) is 1.47. The van der Waals surface area contributed by atoms with E-state index in [-0.39, 0.29) is 22.5 Å². The van der Waals surface area contributed by atoms with Gasteiger partial charge in [0.25, 0.3) is 0 Å². The number of fused-ring (bicyclic) bond motifs is 1. The van der Waals surface area contributed by atoms with Gasteiger partial charge in [-0.05, 0) is 105 Å². The first-order valence-corrected chi connectivity index (χ1v) is 11.8. The average Bonchev–Trinajstić information content (AvgIpc) is 2.79. The molecule has 0 saturated heterocycles. The fourth-order valence-corrected chi connectivity index (χ4v) is 5.65. The summed E-state index contributed by atoms with van der Waals surface area (Å²) >= 11 is 0. The normalized spacial score (nSPS) is 24.9. The van der Waals surface area contributed by atoms with Crippen LogP contribution >= 0.6 is 0 Å². The molecular weight excluding hydrogens is 405 g/mol. The molecular formula is C29H31F3. The Hall–Kier alpha value is -2.47. The van der Waals surface area contributed by atoms with Gasteiger partial charge >= 0.3 is 0 Å². The van der Waals surface area contributed by atoms with Crippen LogP contribution in [0, 0.1) is 54.0 Å². The molecule has 168 valence electrons. The average molecular weight is 437 g/mol. The number of halogens is 3. The summed E-state index contributed by atoms with van der Waals surface area (Å²) in [4.78, 5) is 0. The van der Waals surface area contributed by atoms with Crippen LogP contribution in [0.1, 0.15) is 79.5 Å². The second-order valence-electron chi connectivity index (χ2n) is 9.63. The Labute approximate surface area is 189 Å². The Morgan fingerprint density at radius 3 is 2.34 bits per heavy atom. The van der Waals surface area contributed by atoms with Crippen LogP contribution in [0.25, 0.3) is 0 Å². The monoisotopic (exact) mass is 436 g/mol. The van der Waals surface area contributed by atoms with Crippen molar-refractivity contribution in [3.63, 3.8) is 0 Å². The van der Waals surface area contributed by atoms with Crippen molar-refractivity contribution in [2.24, 2.45) is 17.8 Å². The van der Waals surface area contributed by atoms with E-state index in [0.29, 0.717) is 5.92 Å². The summed E-state index contributed by atoms with van der Waals surface area (Å²) < 4.78 is 42.2. The van der Waals surface area contributed by atoms with Crippen LogP contribution in [0.4, 0.5) is 13.2 Å². The third kappa shape index (κ3) is 5.12. The van der Waals surface area contributed by atoms with Gasteiger partial charge in [0.1, 0.15) is 17.5 Å². The Balaban J connectivity index is 1.42. The van der Waals surface area contributed by atoms with Crippen LogP contribution in [-0.2, 0) is 0 Å². The van der Waals surface area contributed by atoms with Crippen LogP contribution in [0.3, 0.4) is 0 Å². The van der Waals surface area contributed by atoms with Crippen LogP contribution in [0.5, 0.6) is 0 Å². The van der Waals surface area contributed by atoms with Crippen molar-refractivity contribution in [2.75, 3.05) is 0 Å². The highest BCUT2D eigenvalue weighted by atomic mass is 19.1. The molecule has 4 unspecified atom stereocenters. The fraction of sp³-hybridized carbons (Fsp3) is 0.448. The number of hydrogen-bond donors (Lipinski definition) is 0. The van der Waals surface area contributed by atoms with E-state index in [9.17, 15) is 13.2 Å². The third-order valence-electron chi connectivity index (χ3n) is 7.59. The molecule has 2 aromatic carbocycles. The maximum absolute atomic E-state index is 14.8. The van der Waals surface area contributed by atoms with Crippen molar-refractivity contribution >= 4 is 0 Å². The molecule has 0 heterocycles. The summed E-state index contributed by atoms with van der Waals surface area (Å²) in [6, 6.07) is 7.66. The lowest BCUT2D eigenvalue weighted by Crippen LogP contribution is -2.30. The van der Waals surface area contributed by atoms with Gasteiger partial charge in [0, 0.05) is 11.1 Å². The molecule has 4 atom stereocenters. The van der Waals surface area contributed by atoms with E-state index in [4.69, 9.17) is 0 Å². The van der Waals surface area contributed by atoms with E-state index in [2.05, 4.69) is 18.4 Å². The zero-order chi connectivity index (χ0) is 22.7. The van der Waals surface area contributed by atoms with E-state index in [1.54, 1.807) is 12.1 Å². The zero-order valence-corrected chi connectivity index (χ0v) is 18.8. The van der Waals surface area contributed by atoms with E-state index >= 15 is 0 Å². The standard InChI is InChI=1S/C29H31F3/c1-3-4-5-20-6-9-24-17-25(13-12-23(24)14-20)26-11-10-22(29(32)18-26)8-7-21-15-27(30)19(2)28(31)16-21/h3,10-11,15-16,18,20,23-25H,1,4-6,9,12-14,17H2,2H3. The van der Waals surface area contributed by atoms with Gasteiger partial charge in [-0.2, -0.15) is 0 Å². The first-order chi connectivity index (χ1) is 15.4. The van der Waals surface area contributed by atoms with Crippen molar-refractivity contribution in [1.29, 1.82) is 0 Å². The molecule has 32 heavy (non-hydrogen) atoms. The molecule has 0 aliphatic heterocycles. The highest BCUT2D eigenvalue weighted by Crippen LogP contribution is 2.48. The molecule has 0 aromatic heterocycles.